The highest BCUT2D eigenvalue weighted by molar-refractivity contribution is 7.13. The Hall–Kier alpha value is -1.88. The molecule has 0 spiro atoms. The van der Waals surface area contributed by atoms with Gasteiger partial charge in [-0.05, 0) is 25.0 Å². The summed E-state index contributed by atoms with van der Waals surface area (Å²) in [5.41, 5.74) is 3.45. The van der Waals surface area contributed by atoms with Crippen LogP contribution < -0.4 is 5.32 Å². The second-order valence-electron chi connectivity index (χ2n) is 4.94. The van der Waals surface area contributed by atoms with Gasteiger partial charge in [-0.1, -0.05) is 24.3 Å². The molecule has 0 saturated heterocycles. The lowest BCUT2D eigenvalue weighted by Gasteiger charge is -2.15. The Morgan fingerprint density at radius 2 is 2.19 bits per heavy atom. The molecule has 0 fully saturated rings. The highest BCUT2D eigenvalue weighted by Crippen LogP contribution is 2.24. The van der Waals surface area contributed by atoms with Crippen LogP contribution in [0, 0.1) is 6.92 Å². The number of nitrogens with zero attached hydrogens (tertiary/aromatic N) is 1. The average molecular weight is 304 g/mol. The van der Waals surface area contributed by atoms with Crippen LogP contribution in [0.4, 0.5) is 5.13 Å². The molecule has 0 radical (unpaired) electrons. The van der Waals surface area contributed by atoms with Crippen LogP contribution in [0.25, 0.3) is 0 Å². The summed E-state index contributed by atoms with van der Waals surface area (Å²) in [7, 11) is 1.40. The molecule has 0 bridgehead atoms. The number of aromatic nitrogens is 1. The highest BCUT2D eigenvalue weighted by atomic mass is 32.1. The minimum absolute atomic E-state index is 0.200. The zero-order chi connectivity index (χ0) is 15.2. The number of thiazole rings is 1. The molecule has 0 aliphatic rings. The summed E-state index contributed by atoms with van der Waals surface area (Å²) in [4.78, 5) is 15.6. The molecule has 112 valence electrons. The van der Waals surface area contributed by atoms with Gasteiger partial charge in [-0.3, -0.25) is 4.79 Å². The van der Waals surface area contributed by atoms with E-state index in [9.17, 15) is 4.79 Å². The van der Waals surface area contributed by atoms with Crippen molar-refractivity contribution in [2.24, 2.45) is 0 Å². The molecule has 1 aromatic carbocycles. The van der Waals surface area contributed by atoms with E-state index in [1.165, 1.54) is 18.2 Å². The van der Waals surface area contributed by atoms with Gasteiger partial charge < -0.3 is 10.1 Å². The van der Waals surface area contributed by atoms with E-state index in [0.717, 1.165) is 10.8 Å². The number of hydrogen-bond donors (Lipinski definition) is 1. The van der Waals surface area contributed by atoms with Gasteiger partial charge in [-0.25, -0.2) is 4.98 Å². The smallest absolute Gasteiger partial charge is 0.305 e. The second-order valence-corrected chi connectivity index (χ2v) is 5.80. The maximum atomic E-state index is 11.1. The quantitative estimate of drug-likeness (QED) is 0.826. The summed E-state index contributed by atoms with van der Waals surface area (Å²) in [6.07, 6.45) is 0.983. The Bertz CT molecular complexity index is 610. The fraction of sp³-hybridized carbons (Fsp3) is 0.375. The van der Waals surface area contributed by atoms with E-state index in [1.54, 1.807) is 11.3 Å². The van der Waals surface area contributed by atoms with Crippen LogP contribution in [0.3, 0.4) is 0 Å². The van der Waals surface area contributed by atoms with Crippen LogP contribution >= 0.6 is 11.3 Å². The standard InChI is InChI=1S/C16H20N2O2S/c1-11-6-4-5-7-14(11)12(2)17-16-18-13(10-21-16)8-9-15(19)20-3/h4-7,10,12H,8-9H2,1-3H3,(H,17,18). The Kier molecular flexibility index (Phi) is 5.33. The first-order valence-electron chi connectivity index (χ1n) is 6.93. The molecule has 2 aromatic rings. The summed E-state index contributed by atoms with van der Waals surface area (Å²) in [5.74, 6) is -0.203. The molecule has 5 heteroatoms. The van der Waals surface area contributed by atoms with Crippen molar-refractivity contribution in [2.75, 3.05) is 12.4 Å². The third-order valence-corrected chi connectivity index (χ3v) is 4.18. The maximum absolute atomic E-state index is 11.1. The third kappa shape index (κ3) is 4.29. The molecule has 1 aromatic heterocycles. The van der Waals surface area contributed by atoms with Crippen molar-refractivity contribution >= 4 is 22.4 Å². The van der Waals surface area contributed by atoms with Crippen LogP contribution in [0.5, 0.6) is 0 Å². The lowest BCUT2D eigenvalue weighted by molar-refractivity contribution is -0.140. The third-order valence-electron chi connectivity index (χ3n) is 3.36. The molecule has 0 aliphatic heterocycles. The van der Waals surface area contributed by atoms with Crippen molar-refractivity contribution in [2.45, 2.75) is 32.7 Å². The largest absolute Gasteiger partial charge is 0.469 e. The summed E-state index contributed by atoms with van der Waals surface area (Å²) < 4.78 is 4.64. The van der Waals surface area contributed by atoms with Gasteiger partial charge in [0.15, 0.2) is 5.13 Å². The Morgan fingerprint density at radius 1 is 1.43 bits per heavy atom. The number of aryl methyl sites for hydroxylation is 2. The molecular formula is C16H20N2O2S. The SMILES string of the molecule is COC(=O)CCc1csc(NC(C)c2ccccc2C)n1. The Morgan fingerprint density at radius 3 is 2.90 bits per heavy atom. The Labute approximate surface area is 129 Å². The van der Waals surface area contributed by atoms with Crippen molar-refractivity contribution in [3.8, 4) is 0 Å². The van der Waals surface area contributed by atoms with E-state index >= 15 is 0 Å². The predicted octanol–water partition coefficient (Wildman–Crippen LogP) is 3.73. The van der Waals surface area contributed by atoms with Gasteiger partial charge in [-0.15, -0.1) is 11.3 Å². The van der Waals surface area contributed by atoms with E-state index in [-0.39, 0.29) is 12.0 Å². The minimum atomic E-state index is -0.203. The lowest BCUT2D eigenvalue weighted by Crippen LogP contribution is -2.08. The van der Waals surface area contributed by atoms with Crippen molar-refractivity contribution in [3.63, 3.8) is 0 Å². The molecule has 0 saturated carbocycles. The van der Waals surface area contributed by atoms with E-state index < -0.39 is 0 Å². The number of benzene rings is 1. The number of nitrogens with one attached hydrogen (secondary N) is 1. The monoisotopic (exact) mass is 304 g/mol. The molecule has 1 N–H and O–H groups in total. The maximum Gasteiger partial charge on any atom is 0.305 e. The molecular weight excluding hydrogens is 284 g/mol. The van der Waals surface area contributed by atoms with Gasteiger partial charge in [0.25, 0.3) is 0 Å². The summed E-state index contributed by atoms with van der Waals surface area (Å²) in [6.45, 7) is 4.23. The topological polar surface area (TPSA) is 51.2 Å². The molecule has 1 atom stereocenters. The molecule has 0 aliphatic carbocycles. The van der Waals surface area contributed by atoms with Crippen LogP contribution in [0.2, 0.25) is 0 Å². The van der Waals surface area contributed by atoms with Gasteiger partial charge in [0.05, 0.1) is 25.3 Å². The minimum Gasteiger partial charge on any atom is -0.469 e. The van der Waals surface area contributed by atoms with Crippen LogP contribution in [0.15, 0.2) is 29.6 Å². The highest BCUT2D eigenvalue weighted by Gasteiger charge is 2.11. The zero-order valence-corrected chi connectivity index (χ0v) is 13.4. The fourth-order valence-corrected chi connectivity index (χ4v) is 2.99. The number of ether oxygens (including phenoxy) is 1. The number of hydrogen-bond acceptors (Lipinski definition) is 5. The first kappa shape index (κ1) is 15.5. The Balaban J connectivity index is 1.96. The van der Waals surface area contributed by atoms with E-state index in [1.807, 2.05) is 17.5 Å². The summed E-state index contributed by atoms with van der Waals surface area (Å²) >= 11 is 1.56. The van der Waals surface area contributed by atoms with Crippen molar-refractivity contribution in [3.05, 3.63) is 46.5 Å². The van der Waals surface area contributed by atoms with Crippen LogP contribution in [0.1, 0.15) is 36.2 Å². The zero-order valence-electron chi connectivity index (χ0n) is 12.6. The molecule has 1 heterocycles. The van der Waals surface area contributed by atoms with Gasteiger partial charge in [0, 0.05) is 11.8 Å². The van der Waals surface area contributed by atoms with Gasteiger partial charge in [0.1, 0.15) is 0 Å². The number of anilines is 1. The number of rotatable bonds is 6. The predicted molar refractivity (Wildman–Crippen MR) is 85.7 cm³/mol. The van der Waals surface area contributed by atoms with E-state index in [2.05, 4.69) is 41.0 Å². The van der Waals surface area contributed by atoms with E-state index in [4.69, 9.17) is 0 Å². The molecule has 1 unspecified atom stereocenters. The molecule has 0 amide bonds. The summed E-state index contributed by atoms with van der Waals surface area (Å²) in [5, 5.41) is 6.27. The number of carbonyl (C=O) groups is 1. The van der Waals surface area contributed by atoms with Crippen molar-refractivity contribution in [1.82, 2.24) is 4.98 Å². The number of esters is 1. The van der Waals surface area contributed by atoms with Gasteiger partial charge in [-0.2, -0.15) is 0 Å². The van der Waals surface area contributed by atoms with Crippen molar-refractivity contribution in [1.29, 1.82) is 0 Å². The van der Waals surface area contributed by atoms with Gasteiger partial charge >= 0.3 is 5.97 Å². The first-order chi connectivity index (χ1) is 10.1. The van der Waals surface area contributed by atoms with Crippen LogP contribution in [-0.4, -0.2) is 18.1 Å². The lowest BCUT2D eigenvalue weighted by atomic mass is 10.0. The van der Waals surface area contributed by atoms with Crippen molar-refractivity contribution < 1.29 is 9.53 Å². The van der Waals surface area contributed by atoms with E-state index in [0.29, 0.717) is 12.8 Å². The average Bonchev–Trinajstić information content (AvgIpc) is 2.92. The molecule has 4 nitrogen and oxygen atoms in total. The first-order valence-corrected chi connectivity index (χ1v) is 7.81. The second kappa shape index (κ2) is 7.22. The molecule has 21 heavy (non-hydrogen) atoms. The fourth-order valence-electron chi connectivity index (χ4n) is 2.16. The van der Waals surface area contributed by atoms with Gasteiger partial charge in [0.2, 0.25) is 0 Å². The summed E-state index contributed by atoms with van der Waals surface area (Å²) in [6, 6.07) is 8.52. The van der Waals surface area contributed by atoms with Crippen LogP contribution in [-0.2, 0) is 16.0 Å². The number of carbonyl (C=O) groups excluding carboxylic acids is 1. The normalized spacial score (nSPS) is 12.0. The number of methoxy groups -OCH3 is 1. The molecule has 2 rings (SSSR count).